The molecule has 0 aromatic rings. The van der Waals surface area contributed by atoms with E-state index in [1.54, 1.807) is 0 Å². The molecule has 0 bridgehead atoms. The molecule has 0 aliphatic rings. The van der Waals surface area contributed by atoms with Gasteiger partial charge in [0, 0.05) is 18.9 Å². The maximum absolute atomic E-state index is 11.9. The molecule has 0 rings (SSSR count). The van der Waals surface area contributed by atoms with Gasteiger partial charge in [0.1, 0.15) is 5.84 Å². The molecule has 0 spiro atoms. The van der Waals surface area contributed by atoms with E-state index < -0.39 is 0 Å². The van der Waals surface area contributed by atoms with Gasteiger partial charge < -0.3 is 16.3 Å². The van der Waals surface area contributed by atoms with Crippen molar-refractivity contribution in [3.8, 4) is 0 Å². The fraction of sp³-hybridized carbons (Fsp3) is 0.846. The standard InChI is InChI=1S/C13H27N3O2/c1-3-7-11(8-4-2)13(17)15-10-6-5-9-12(14)16-18/h11,18H,3-10H2,1-2H3,(H2,14,16)(H,15,17). The lowest BCUT2D eigenvalue weighted by atomic mass is 9.97. The summed E-state index contributed by atoms with van der Waals surface area (Å²) in [7, 11) is 0. The average molecular weight is 257 g/mol. The summed E-state index contributed by atoms with van der Waals surface area (Å²) in [4.78, 5) is 11.9. The molecule has 5 heteroatoms. The fourth-order valence-electron chi connectivity index (χ4n) is 1.94. The Labute approximate surface area is 110 Å². The zero-order chi connectivity index (χ0) is 13.8. The highest BCUT2D eigenvalue weighted by molar-refractivity contribution is 5.79. The first-order chi connectivity index (χ1) is 8.65. The summed E-state index contributed by atoms with van der Waals surface area (Å²) in [5, 5.41) is 14.2. The van der Waals surface area contributed by atoms with Crippen LogP contribution in [0.4, 0.5) is 0 Å². The third-order valence-electron chi connectivity index (χ3n) is 2.93. The van der Waals surface area contributed by atoms with Gasteiger partial charge in [-0.2, -0.15) is 0 Å². The van der Waals surface area contributed by atoms with Gasteiger partial charge in [-0.1, -0.05) is 31.8 Å². The van der Waals surface area contributed by atoms with Gasteiger partial charge >= 0.3 is 0 Å². The van der Waals surface area contributed by atoms with Crippen LogP contribution >= 0.6 is 0 Å². The van der Waals surface area contributed by atoms with Crippen LogP contribution in [0.25, 0.3) is 0 Å². The van der Waals surface area contributed by atoms with Crippen molar-refractivity contribution >= 4 is 11.7 Å². The first-order valence-electron chi connectivity index (χ1n) is 6.89. The van der Waals surface area contributed by atoms with Crippen LogP contribution in [0.5, 0.6) is 0 Å². The fourth-order valence-corrected chi connectivity index (χ4v) is 1.94. The summed E-state index contributed by atoms with van der Waals surface area (Å²) in [5.74, 6) is 0.572. The number of nitrogens with two attached hydrogens (primary N) is 1. The zero-order valence-electron chi connectivity index (χ0n) is 11.6. The van der Waals surface area contributed by atoms with Gasteiger partial charge in [0.25, 0.3) is 0 Å². The Balaban J connectivity index is 3.73. The zero-order valence-corrected chi connectivity index (χ0v) is 11.6. The molecular formula is C13H27N3O2. The summed E-state index contributed by atoms with van der Waals surface area (Å²) in [6, 6.07) is 0. The maximum Gasteiger partial charge on any atom is 0.223 e. The van der Waals surface area contributed by atoms with E-state index >= 15 is 0 Å². The van der Waals surface area contributed by atoms with Gasteiger partial charge in [0.05, 0.1) is 0 Å². The molecule has 0 unspecified atom stereocenters. The van der Waals surface area contributed by atoms with Crippen LogP contribution in [-0.4, -0.2) is 23.5 Å². The van der Waals surface area contributed by atoms with E-state index in [1.165, 1.54) is 0 Å². The lowest BCUT2D eigenvalue weighted by molar-refractivity contribution is -0.125. The van der Waals surface area contributed by atoms with Crippen LogP contribution in [-0.2, 0) is 4.79 Å². The van der Waals surface area contributed by atoms with E-state index in [2.05, 4.69) is 24.3 Å². The minimum absolute atomic E-state index is 0.157. The number of nitrogens with zero attached hydrogens (tertiary/aromatic N) is 1. The topological polar surface area (TPSA) is 87.7 Å². The van der Waals surface area contributed by atoms with Crippen molar-refractivity contribution in [3.63, 3.8) is 0 Å². The molecular weight excluding hydrogens is 230 g/mol. The van der Waals surface area contributed by atoms with Crippen LogP contribution in [0, 0.1) is 5.92 Å². The molecule has 18 heavy (non-hydrogen) atoms. The number of hydrogen-bond donors (Lipinski definition) is 3. The SMILES string of the molecule is CCCC(CCC)C(=O)NCCCCC(N)=NO. The molecule has 0 aromatic heterocycles. The van der Waals surface area contributed by atoms with Crippen LogP contribution in [0.15, 0.2) is 5.16 Å². The second-order valence-electron chi connectivity index (χ2n) is 4.61. The number of amides is 1. The van der Waals surface area contributed by atoms with E-state index in [-0.39, 0.29) is 17.7 Å². The first-order valence-corrected chi connectivity index (χ1v) is 6.89. The molecule has 0 atom stereocenters. The molecule has 5 nitrogen and oxygen atoms in total. The summed E-state index contributed by atoms with van der Waals surface area (Å²) >= 11 is 0. The molecule has 0 radical (unpaired) electrons. The molecule has 0 saturated heterocycles. The van der Waals surface area contributed by atoms with Crippen molar-refractivity contribution in [2.24, 2.45) is 16.8 Å². The minimum atomic E-state index is 0.157. The van der Waals surface area contributed by atoms with E-state index in [1.807, 2.05) is 0 Å². The van der Waals surface area contributed by atoms with Gasteiger partial charge in [-0.25, -0.2) is 0 Å². The molecule has 0 fully saturated rings. The molecule has 0 heterocycles. The van der Waals surface area contributed by atoms with Crippen molar-refractivity contribution in [3.05, 3.63) is 0 Å². The predicted octanol–water partition coefficient (Wildman–Crippen LogP) is 2.24. The third kappa shape index (κ3) is 7.92. The average Bonchev–Trinajstić information content (AvgIpc) is 2.37. The Bertz CT molecular complexity index is 249. The quantitative estimate of drug-likeness (QED) is 0.184. The third-order valence-corrected chi connectivity index (χ3v) is 2.93. The number of carbonyl (C=O) groups excluding carboxylic acids is 1. The summed E-state index contributed by atoms with van der Waals surface area (Å²) in [6.45, 7) is 4.88. The number of hydrogen-bond acceptors (Lipinski definition) is 3. The lowest BCUT2D eigenvalue weighted by Gasteiger charge is -2.15. The molecule has 0 aliphatic heterocycles. The minimum Gasteiger partial charge on any atom is -0.409 e. The van der Waals surface area contributed by atoms with Gasteiger partial charge in [0.15, 0.2) is 0 Å². The summed E-state index contributed by atoms with van der Waals surface area (Å²) in [6.07, 6.45) is 6.26. The largest absolute Gasteiger partial charge is 0.409 e. The van der Waals surface area contributed by atoms with Crippen LogP contribution in [0.3, 0.4) is 0 Å². The molecule has 0 aromatic carbocycles. The van der Waals surface area contributed by atoms with Crippen molar-refractivity contribution in [2.45, 2.75) is 58.8 Å². The van der Waals surface area contributed by atoms with Gasteiger partial charge in [0.2, 0.25) is 5.91 Å². The predicted molar refractivity (Wildman–Crippen MR) is 73.6 cm³/mol. The Kier molecular flexibility index (Phi) is 10.1. The van der Waals surface area contributed by atoms with E-state index in [9.17, 15) is 4.79 Å². The second kappa shape index (κ2) is 10.9. The molecule has 0 aliphatic carbocycles. The number of amidine groups is 1. The van der Waals surface area contributed by atoms with Crippen LogP contribution in [0.1, 0.15) is 58.8 Å². The summed E-state index contributed by atoms with van der Waals surface area (Å²) in [5.41, 5.74) is 5.35. The van der Waals surface area contributed by atoms with Crippen molar-refractivity contribution in [2.75, 3.05) is 6.54 Å². The van der Waals surface area contributed by atoms with E-state index in [0.29, 0.717) is 13.0 Å². The van der Waals surface area contributed by atoms with Gasteiger partial charge in [-0.05, 0) is 25.7 Å². The highest BCUT2D eigenvalue weighted by Crippen LogP contribution is 2.13. The Morgan fingerprint density at radius 2 is 1.89 bits per heavy atom. The van der Waals surface area contributed by atoms with Gasteiger partial charge in [-0.15, -0.1) is 0 Å². The highest BCUT2D eigenvalue weighted by atomic mass is 16.4. The van der Waals surface area contributed by atoms with Crippen LogP contribution in [0.2, 0.25) is 0 Å². The molecule has 106 valence electrons. The molecule has 4 N–H and O–H groups in total. The number of rotatable bonds is 10. The second-order valence-corrected chi connectivity index (χ2v) is 4.61. The number of nitrogens with one attached hydrogen (secondary N) is 1. The lowest BCUT2D eigenvalue weighted by Crippen LogP contribution is -2.31. The summed E-state index contributed by atoms with van der Waals surface area (Å²) < 4.78 is 0. The Morgan fingerprint density at radius 1 is 1.28 bits per heavy atom. The monoisotopic (exact) mass is 257 g/mol. The first kappa shape index (κ1) is 16.7. The number of carbonyl (C=O) groups is 1. The van der Waals surface area contributed by atoms with E-state index in [0.717, 1.165) is 38.5 Å². The van der Waals surface area contributed by atoms with E-state index in [4.69, 9.17) is 10.9 Å². The van der Waals surface area contributed by atoms with Crippen molar-refractivity contribution in [1.29, 1.82) is 0 Å². The van der Waals surface area contributed by atoms with Gasteiger partial charge in [-0.3, -0.25) is 4.79 Å². The van der Waals surface area contributed by atoms with Crippen molar-refractivity contribution < 1.29 is 10.0 Å². The number of oxime groups is 1. The highest BCUT2D eigenvalue weighted by Gasteiger charge is 2.15. The normalized spacial score (nSPS) is 11.8. The Morgan fingerprint density at radius 3 is 2.39 bits per heavy atom. The van der Waals surface area contributed by atoms with Crippen LogP contribution < -0.4 is 11.1 Å². The smallest absolute Gasteiger partial charge is 0.223 e. The maximum atomic E-state index is 11.9. The molecule has 1 amide bonds. The Hall–Kier alpha value is -1.26. The number of unbranched alkanes of at least 4 members (excludes halogenated alkanes) is 1. The van der Waals surface area contributed by atoms with Crippen molar-refractivity contribution in [1.82, 2.24) is 5.32 Å². The molecule has 0 saturated carbocycles.